The van der Waals surface area contributed by atoms with E-state index < -0.39 is 85.0 Å². The van der Waals surface area contributed by atoms with E-state index in [4.69, 9.17) is 15.9 Å². The Morgan fingerprint density at radius 3 is 2.10 bits per heavy atom. The Labute approximate surface area is 223 Å². The number of aromatic amines is 1. The van der Waals surface area contributed by atoms with E-state index in [0.717, 1.165) is 16.5 Å². The van der Waals surface area contributed by atoms with Gasteiger partial charge in [-0.25, -0.2) is 4.79 Å². The number of rotatable bonds is 15. The number of aliphatic carboxylic acids is 3. The number of amides is 3. The zero-order valence-corrected chi connectivity index (χ0v) is 21.5. The molecule has 14 nitrogen and oxygen atoms in total. The van der Waals surface area contributed by atoms with Crippen molar-refractivity contribution in [3.63, 3.8) is 0 Å². The van der Waals surface area contributed by atoms with Crippen LogP contribution in [0.25, 0.3) is 10.9 Å². The van der Waals surface area contributed by atoms with Gasteiger partial charge in [-0.1, -0.05) is 32.0 Å². The molecule has 0 aliphatic heterocycles. The Morgan fingerprint density at radius 2 is 1.51 bits per heavy atom. The van der Waals surface area contributed by atoms with E-state index in [0.29, 0.717) is 0 Å². The summed E-state index contributed by atoms with van der Waals surface area (Å²) in [5.74, 6) is -7.40. The fourth-order valence-electron chi connectivity index (χ4n) is 3.87. The van der Waals surface area contributed by atoms with E-state index >= 15 is 0 Å². The van der Waals surface area contributed by atoms with E-state index in [-0.39, 0.29) is 6.42 Å². The number of benzene rings is 1. The molecular weight excluding hydrogens is 514 g/mol. The van der Waals surface area contributed by atoms with E-state index in [2.05, 4.69) is 15.6 Å². The Kier molecular flexibility index (Phi) is 11.0. The smallest absolute Gasteiger partial charge is 0.326 e. The number of hydrogen-bond donors (Lipinski definition) is 8. The molecule has 39 heavy (non-hydrogen) atoms. The first kappa shape index (κ1) is 30.8. The fourth-order valence-corrected chi connectivity index (χ4v) is 3.87. The summed E-state index contributed by atoms with van der Waals surface area (Å²) in [5, 5.41) is 34.9. The van der Waals surface area contributed by atoms with Gasteiger partial charge in [0.25, 0.3) is 0 Å². The molecule has 2 rings (SSSR count). The number of hydrogen-bond acceptors (Lipinski definition) is 7. The number of carbonyl (C=O) groups is 6. The van der Waals surface area contributed by atoms with E-state index in [1.807, 2.05) is 29.6 Å². The molecule has 0 saturated carbocycles. The van der Waals surface area contributed by atoms with Crippen molar-refractivity contribution >= 4 is 46.5 Å². The molecule has 4 atom stereocenters. The number of carboxylic acids is 3. The van der Waals surface area contributed by atoms with Crippen LogP contribution < -0.4 is 21.7 Å². The number of para-hydroxylation sites is 1. The van der Waals surface area contributed by atoms with Crippen LogP contribution in [0.2, 0.25) is 0 Å². The monoisotopic (exact) mass is 547 g/mol. The predicted octanol–water partition coefficient (Wildman–Crippen LogP) is -0.428. The number of carboxylic acid groups (broad SMARTS) is 3. The maximum Gasteiger partial charge on any atom is 0.326 e. The van der Waals surface area contributed by atoms with Gasteiger partial charge in [-0.2, -0.15) is 0 Å². The van der Waals surface area contributed by atoms with Gasteiger partial charge in [0.05, 0.1) is 12.5 Å². The molecule has 0 spiro atoms. The topological polar surface area (TPSA) is 241 Å². The summed E-state index contributed by atoms with van der Waals surface area (Å²) in [4.78, 5) is 75.1. The fraction of sp³-hybridized carbons (Fsp3) is 0.440. The first-order chi connectivity index (χ1) is 18.3. The summed E-state index contributed by atoms with van der Waals surface area (Å²) in [6.07, 6.45) is 0.0188. The number of aromatic nitrogens is 1. The van der Waals surface area contributed by atoms with Crippen LogP contribution in [0.1, 0.15) is 38.7 Å². The van der Waals surface area contributed by atoms with Gasteiger partial charge in [-0.05, 0) is 30.4 Å². The standard InChI is InChI=1S/C25H33N5O9/c1-12(2)21(30-22(35)15(26)9-13-11-27-16-6-4-3-5-14(13)16)24(37)28-17(7-8-19(31)32)23(36)29-18(25(38)39)10-20(33)34/h3-6,11-12,15,17-18,21,27H,7-10,26H2,1-2H3,(H,28,37)(H,29,36)(H,30,35)(H,31,32)(H,33,34)(H,38,39). The molecule has 212 valence electrons. The summed E-state index contributed by atoms with van der Waals surface area (Å²) in [5.41, 5.74) is 7.79. The molecule has 9 N–H and O–H groups in total. The molecule has 0 bridgehead atoms. The zero-order valence-electron chi connectivity index (χ0n) is 21.5. The van der Waals surface area contributed by atoms with Crippen LogP contribution in [0, 0.1) is 5.92 Å². The molecule has 4 unspecified atom stereocenters. The van der Waals surface area contributed by atoms with Gasteiger partial charge in [0.2, 0.25) is 17.7 Å². The lowest BCUT2D eigenvalue weighted by Crippen LogP contribution is -2.58. The quantitative estimate of drug-likeness (QED) is 0.143. The Balaban J connectivity index is 2.12. The molecule has 1 aromatic carbocycles. The van der Waals surface area contributed by atoms with Crippen LogP contribution in [0.15, 0.2) is 30.5 Å². The van der Waals surface area contributed by atoms with Crippen molar-refractivity contribution < 1.29 is 44.1 Å². The molecule has 1 aromatic heterocycles. The number of fused-ring (bicyclic) bond motifs is 1. The summed E-state index contributed by atoms with van der Waals surface area (Å²) in [6.45, 7) is 3.27. The highest BCUT2D eigenvalue weighted by Crippen LogP contribution is 2.19. The normalized spacial score (nSPS) is 14.2. The largest absolute Gasteiger partial charge is 0.481 e. The van der Waals surface area contributed by atoms with Gasteiger partial charge >= 0.3 is 17.9 Å². The van der Waals surface area contributed by atoms with Crippen LogP contribution in [0.5, 0.6) is 0 Å². The maximum absolute atomic E-state index is 13.1. The minimum absolute atomic E-state index is 0.173. The van der Waals surface area contributed by atoms with Crippen molar-refractivity contribution in [2.75, 3.05) is 0 Å². The van der Waals surface area contributed by atoms with Crippen molar-refractivity contribution in [1.82, 2.24) is 20.9 Å². The van der Waals surface area contributed by atoms with Gasteiger partial charge < -0.3 is 42.0 Å². The lowest BCUT2D eigenvalue weighted by atomic mass is 10.00. The van der Waals surface area contributed by atoms with Crippen LogP contribution in [-0.4, -0.2) is 80.1 Å². The molecule has 0 aliphatic carbocycles. The van der Waals surface area contributed by atoms with Gasteiger partial charge in [-0.15, -0.1) is 0 Å². The number of carbonyl (C=O) groups excluding carboxylic acids is 3. The molecule has 0 radical (unpaired) electrons. The van der Waals surface area contributed by atoms with Gasteiger partial charge in [0, 0.05) is 23.5 Å². The molecule has 14 heteroatoms. The molecule has 0 aliphatic rings. The van der Waals surface area contributed by atoms with Crippen LogP contribution in [0.4, 0.5) is 0 Å². The van der Waals surface area contributed by atoms with Crippen molar-refractivity contribution in [3.05, 3.63) is 36.0 Å². The highest BCUT2D eigenvalue weighted by atomic mass is 16.4. The molecule has 1 heterocycles. The summed E-state index contributed by atoms with van der Waals surface area (Å²) < 4.78 is 0. The molecule has 0 saturated heterocycles. The van der Waals surface area contributed by atoms with Crippen molar-refractivity contribution in [2.45, 2.75) is 63.7 Å². The zero-order chi connectivity index (χ0) is 29.3. The third kappa shape index (κ3) is 9.10. The lowest BCUT2D eigenvalue weighted by molar-refractivity contribution is -0.147. The van der Waals surface area contributed by atoms with Gasteiger partial charge in [0.1, 0.15) is 18.1 Å². The van der Waals surface area contributed by atoms with Crippen LogP contribution in [-0.2, 0) is 35.2 Å². The molecule has 0 fully saturated rings. The highest BCUT2D eigenvalue weighted by molar-refractivity contribution is 5.95. The second kappa shape index (κ2) is 13.9. The van der Waals surface area contributed by atoms with Crippen molar-refractivity contribution in [1.29, 1.82) is 0 Å². The van der Waals surface area contributed by atoms with Crippen molar-refractivity contribution in [2.24, 2.45) is 11.7 Å². The average Bonchev–Trinajstić information content (AvgIpc) is 3.26. The van der Waals surface area contributed by atoms with Crippen molar-refractivity contribution in [3.8, 4) is 0 Å². The third-order valence-corrected chi connectivity index (χ3v) is 5.97. The highest BCUT2D eigenvalue weighted by Gasteiger charge is 2.32. The SMILES string of the molecule is CC(C)C(NC(=O)C(N)Cc1c[nH]c2ccccc12)C(=O)NC(CCC(=O)O)C(=O)NC(CC(=O)O)C(=O)O. The number of H-pyrrole nitrogens is 1. The predicted molar refractivity (Wildman–Crippen MR) is 137 cm³/mol. The van der Waals surface area contributed by atoms with Gasteiger partial charge in [-0.3, -0.25) is 24.0 Å². The Hall–Kier alpha value is -4.46. The van der Waals surface area contributed by atoms with E-state index in [1.54, 1.807) is 20.0 Å². The van der Waals surface area contributed by atoms with Crippen LogP contribution >= 0.6 is 0 Å². The first-order valence-electron chi connectivity index (χ1n) is 12.2. The van der Waals surface area contributed by atoms with E-state index in [1.165, 1.54) is 0 Å². The average molecular weight is 548 g/mol. The summed E-state index contributed by atoms with van der Waals surface area (Å²) in [6, 6.07) is 1.97. The Morgan fingerprint density at radius 1 is 0.872 bits per heavy atom. The number of nitrogens with one attached hydrogen (secondary N) is 4. The maximum atomic E-state index is 13.1. The molecule has 3 amide bonds. The molecular formula is C25H33N5O9. The van der Waals surface area contributed by atoms with Gasteiger partial charge in [0.15, 0.2) is 0 Å². The van der Waals surface area contributed by atoms with E-state index in [9.17, 15) is 33.9 Å². The first-order valence-corrected chi connectivity index (χ1v) is 12.2. The third-order valence-electron chi connectivity index (χ3n) is 5.97. The second-order valence-corrected chi connectivity index (χ2v) is 9.39. The Bertz CT molecular complexity index is 1230. The van der Waals surface area contributed by atoms with Crippen LogP contribution in [0.3, 0.4) is 0 Å². The minimum Gasteiger partial charge on any atom is -0.481 e. The lowest BCUT2D eigenvalue weighted by Gasteiger charge is -2.26. The molecule has 2 aromatic rings. The summed E-state index contributed by atoms with van der Waals surface area (Å²) >= 11 is 0. The number of nitrogens with two attached hydrogens (primary N) is 1. The summed E-state index contributed by atoms with van der Waals surface area (Å²) in [7, 11) is 0. The second-order valence-electron chi connectivity index (χ2n) is 9.39. The minimum atomic E-state index is -1.80.